The number of rotatable bonds is 7. The highest BCUT2D eigenvalue weighted by atomic mass is 19.1. The Morgan fingerprint density at radius 3 is 2.63 bits per heavy atom. The molecule has 0 aliphatic carbocycles. The van der Waals surface area contributed by atoms with Gasteiger partial charge < -0.3 is 20.1 Å². The van der Waals surface area contributed by atoms with E-state index in [1.54, 1.807) is 30.3 Å². The first kappa shape index (κ1) is 19.7. The third kappa shape index (κ3) is 4.35. The molecule has 4 amide bonds. The first-order valence-corrected chi connectivity index (χ1v) is 9.51. The molecule has 2 aromatic rings. The lowest BCUT2D eigenvalue weighted by Gasteiger charge is -2.13. The second kappa shape index (κ2) is 8.40. The number of carbonyl (C=O) groups excluding carboxylic acids is 3. The van der Waals surface area contributed by atoms with Crippen LogP contribution in [0, 0.1) is 5.82 Å². The minimum atomic E-state index is -0.747. The highest BCUT2D eigenvalue weighted by molar-refractivity contribution is 6.04. The molecule has 0 bridgehead atoms. The van der Waals surface area contributed by atoms with E-state index < -0.39 is 12.1 Å². The van der Waals surface area contributed by atoms with Crippen LogP contribution in [0.5, 0.6) is 11.5 Å². The van der Waals surface area contributed by atoms with Gasteiger partial charge in [0.2, 0.25) is 12.7 Å². The summed E-state index contributed by atoms with van der Waals surface area (Å²) in [4.78, 5) is 38.0. The summed E-state index contributed by atoms with van der Waals surface area (Å²) < 4.78 is 23.5. The predicted octanol–water partition coefficient (Wildman–Crippen LogP) is 2.07. The van der Waals surface area contributed by atoms with E-state index >= 15 is 0 Å². The van der Waals surface area contributed by atoms with E-state index in [9.17, 15) is 18.8 Å². The Balaban J connectivity index is 1.27. The van der Waals surface area contributed by atoms with Gasteiger partial charge in [0, 0.05) is 13.0 Å². The van der Waals surface area contributed by atoms with Crippen molar-refractivity contribution in [2.75, 3.05) is 6.79 Å². The van der Waals surface area contributed by atoms with Crippen molar-refractivity contribution in [3.8, 4) is 11.5 Å². The number of carbonyl (C=O) groups is 3. The Kier molecular flexibility index (Phi) is 5.51. The van der Waals surface area contributed by atoms with Gasteiger partial charge in [-0.3, -0.25) is 14.5 Å². The van der Waals surface area contributed by atoms with Crippen molar-refractivity contribution in [2.45, 2.75) is 32.0 Å². The maximum Gasteiger partial charge on any atom is 0.325 e. The van der Waals surface area contributed by atoms with Crippen LogP contribution in [0.15, 0.2) is 42.5 Å². The number of hydrogen-bond donors (Lipinski definition) is 2. The van der Waals surface area contributed by atoms with Crippen LogP contribution in [0.2, 0.25) is 0 Å². The molecular weight excluding hydrogens is 393 g/mol. The molecule has 0 saturated carbocycles. The summed E-state index contributed by atoms with van der Waals surface area (Å²) in [5.74, 6) is 0.236. The minimum Gasteiger partial charge on any atom is -0.454 e. The van der Waals surface area contributed by atoms with Gasteiger partial charge in [-0.2, -0.15) is 0 Å². The fourth-order valence-corrected chi connectivity index (χ4v) is 3.31. The lowest BCUT2D eigenvalue weighted by molar-refractivity contribution is -0.128. The largest absolute Gasteiger partial charge is 0.454 e. The molecule has 2 aromatic carbocycles. The first-order valence-electron chi connectivity index (χ1n) is 9.51. The zero-order chi connectivity index (χ0) is 21.1. The molecule has 2 heterocycles. The lowest BCUT2D eigenvalue weighted by atomic mass is 10.1. The van der Waals surface area contributed by atoms with Crippen LogP contribution in [0.25, 0.3) is 0 Å². The highest BCUT2D eigenvalue weighted by Crippen LogP contribution is 2.33. The Hall–Kier alpha value is -3.62. The molecule has 8 nitrogen and oxygen atoms in total. The summed E-state index contributed by atoms with van der Waals surface area (Å²) in [5.41, 5.74) is 1.50. The Morgan fingerprint density at radius 1 is 1.10 bits per heavy atom. The zero-order valence-electron chi connectivity index (χ0n) is 16.0. The first-order chi connectivity index (χ1) is 14.5. The van der Waals surface area contributed by atoms with Crippen LogP contribution in [-0.4, -0.2) is 35.6 Å². The van der Waals surface area contributed by atoms with Crippen molar-refractivity contribution in [2.24, 2.45) is 0 Å². The molecule has 4 rings (SSSR count). The monoisotopic (exact) mass is 413 g/mol. The van der Waals surface area contributed by atoms with Crippen LogP contribution < -0.4 is 20.1 Å². The normalized spacial score (nSPS) is 17.2. The topological polar surface area (TPSA) is 97.0 Å². The molecule has 2 aliphatic rings. The van der Waals surface area contributed by atoms with Gasteiger partial charge in [0.25, 0.3) is 5.91 Å². The van der Waals surface area contributed by atoms with Gasteiger partial charge in [-0.25, -0.2) is 9.18 Å². The van der Waals surface area contributed by atoms with Crippen molar-refractivity contribution >= 4 is 17.8 Å². The number of fused-ring (bicyclic) bond motifs is 1. The molecule has 0 radical (unpaired) electrons. The number of nitrogens with zero attached hydrogens (tertiary/aromatic N) is 1. The molecule has 0 aromatic heterocycles. The fourth-order valence-electron chi connectivity index (χ4n) is 3.31. The summed E-state index contributed by atoms with van der Waals surface area (Å²) in [7, 11) is 0. The predicted molar refractivity (Wildman–Crippen MR) is 103 cm³/mol. The van der Waals surface area contributed by atoms with Crippen LogP contribution in [0.4, 0.5) is 9.18 Å². The van der Waals surface area contributed by atoms with Crippen molar-refractivity contribution in [1.29, 1.82) is 0 Å². The smallest absolute Gasteiger partial charge is 0.325 e. The van der Waals surface area contributed by atoms with Crippen LogP contribution >= 0.6 is 0 Å². The zero-order valence-corrected chi connectivity index (χ0v) is 16.0. The average Bonchev–Trinajstić information content (AvgIpc) is 3.31. The standard InChI is InChI=1S/C21H20FN3O5/c22-15-4-1-13(2-5-15)10-23-19(26)8-6-16-20(27)25(21(28)24-16)11-14-3-7-17-18(9-14)30-12-29-17/h1-5,7,9,16H,6,8,10-12H2,(H,23,26)(H,24,28). The van der Waals surface area contributed by atoms with E-state index in [4.69, 9.17) is 9.47 Å². The van der Waals surface area contributed by atoms with E-state index in [-0.39, 0.29) is 50.4 Å². The summed E-state index contributed by atoms with van der Waals surface area (Å²) in [6.07, 6.45) is 0.271. The third-order valence-electron chi connectivity index (χ3n) is 4.95. The molecule has 156 valence electrons. The highest BCUT2D eigenvalue weighted by Gasteiger charge is 2.38. The van der Waals surface area contributed by atoms with Gasteiger partial charge in [0.05, 0.1) is 6.54 Å². The number of halogens is 1. The van der Waals surface area contributed by atoms with E-state index in [1.165, 1.54) is 12.1 Å². The molecule has 9 heteroatoms. The average molecular weight is 413 g/mol. The van der Waals surface area contributed by atoms with Gasteiger partial charge in [0.1, 0.15) is 11.9 Å². The molecule has 2 aliphatic heterocycles. The van der Waals surface area contributed by atoms with Crippen LogP contribution in [-0.2, 0) is 22.7 Å². The second-order valence-electron chi connectivity index (χ2n) is 7.06. The quantitative estimate of drug-likeness (QED) is 0.678. The number of nitrogens with one attached hydrogen (secondary N) is 2. The molecule has 1 saturated heterocycles. The molecule has 1 unspecified atom stereocenters. The maximum absolute atomic E-state index is 12.9. The summed E-state index contributed by atoms with van der Waals surface area (Å²) >= 11 is 0. The Labute approximate surface area is 171 Å². The molecule has 0 spiro atoms. The second-order valence-corrected chi connectivity index (χ2v) is 7.06. The van der Waals surface area contributed by atoms with Crippen molar-refractivity contribution in [3.63, 3.8) is 0 Å². The summed E-state index contributed by atoms with van der Waals surface area (Å²) in [6, 6.07) is 9.82. The van der Waals surface area contributed by atoms with E-state index in [0.717, 1.165) is 16.0 Å². The number of amides is 4. The molecule has 2 N–H and O–H groups in total. The van der Waals surface area contributed by atoms with Gasteiger partial charge >= 0.3 is 6.03 Å². The van der Waals surface area contributed by atoms with Crippen molar-refractivity contribution in [1.82, 2.24) is 15.5 Å². The van der Waals surface area contributed by atoms with Crippen LogP contribution in [0.1, 0.15) is 24.0 Å². The molecular formula is C21H20FN3O5. The molecule has 1 fully saturated rings. The van der Waals surface area contributed by atoms with Gasteiger partial charge in [0.15, 0.2) is 11.5 Å². The molecule has 30 heavy (non-hydrogen) atoms. The lowest BCUT2D eigenvalue weighted by Crippen LogP contribution is -2.32. The van der Waals surface area contributed by atoms with Crippen molar-refractivity contribution in [3.05, 3.63) is 59.4 Å². The molecule has 1 atom stereocenters. The number of benzene rings is 2. The third-order valence-corrected chi connectivity index (χ3v) is 4.95. The fraction of sp³-hybridized carbons (Fsp3) is 0.286. The number of hydrogen-bond acceptors (Lipinski definition) is 5. The Morgan fingerprint density at radius 2 is 1.83 bits per heavy atom. The number of urea groups is 1. The summed E-state index contributed by atoms with van der Waals surface area (Å²) in [5, 5.41) is 5.34. The number of imide groups is 1. The van der Waals surface area contributed by atoms with Crippen molar-refractivity contribution < 1.29 is 28.2 Å². The van der Waals surface area contributed by atoms with E-state index in [1.807, 2.05) is 0 Å². The van der Waals surface area contributed by atoms with Crippen LogP contribution in [0.3, 0.4) is 0 Å². The van der Waals surface area contributed by atoms with Gasteiger partial charge in [-0.1, -0.05) is 18.2 Å². The van der Waals surface area contributed by atoms with Gasteiger partial charge in [-0.05, 0) is 41.8 Å². The number of ether oxygens (including phenoxy) is 2. The maximum atomic E-state index is 12.9. The van der Waals surface area contributed by atoms with E-state index in [2.05, 4.69) is 10.6 Å². The van der Waals surface area contributed by atoms with Gasteiger partial charge in [-0.15, -0.1) is 0 Å². The summed E-state index contributed by atoms with van der Waals surface area (Å²) in [6.45, 7) is 0.516. The SMILES string of the molecule is O=C(CCC1NC(=O)N(Cc2ccc3c(c2)OCO3)C1=O)NCc1ccc(F)cc1. The Bertz CT molecular complexity index is 979. The van der Waals surface area contributed by atoms with E-state index in [0.29, 0.717) is 11.5 Å². The minimum absolute atomic E-state index is 0.0791.